The van der Waals surface area contributed by atoms with E-state index in [1.165, 1.54) is 6.07 Å². The molecule has 0 bridgehead atoms. The number of aromatic nitrogens is 3. The summed E-state index contributed by atoms with van der Waals surface area (Å²) in [6.45, 7) is 4.72. The SMILES string of the molecule is Cc1ccc(Nc2cnnc(N3CCN(c4ccccc4F)CC3)n2)cc1Cl. The number of anilines is 4. The number of aryl methyl sites for hydroxylation is 1. The first-order chi connectivity index (χ1) is 13.6. The van der Waals surface area contributed by atoms with E-state index in [1.54, 1.807) is 18.3 Å². The van der Waals surface area contributed by atoms with Crippen LogP contribution in [0.5, 0.6) is 0 Å². The van der Waals surface area contributed by atoms with Crippen molar-refractivity contribution in [3.63, 3.8) is 0 Å². The van der Waals surface area contributed by atoms with Crippen LogP contribution >= 0.6 is 11.6 Å². The van der Waals surface area contributed by atoms with Crippen LogP contribution in [0.4, 0.5) is 27.5 Å². The van der Waals surface area contributed by atoms with Gasteiger partial charge in [0.15, 0.2) is 5.82 Å². The third-order valence-corrected chi connectivity index (χ3v) is 5.15. The molecule has 1 saturated heterocycles. The van der Waals surface area contributed by atoms with Gasteiger partial charge in [-0.15, -0.1) is 5.10 Å². The van der Waals surface area contributed by atoms with Gasteiger partial charge in [0.25, 0.3) is 0 Å². The highest BCUT2D eigenvalue weighted by molar-refractivity contribution is 6.31. The van der Waals surface area contributed by atoms with Crippen molar-refractivity contribution < 1.29 is 4.39 Å². The van der Waals surface area contributed by atoms with E-state index in [2.05, 4.69) is 25.4 Å². The van der Waals surface area contributed by atoms with Crippen LogP contribution in [0.3, 0.4) is 0 Å². The molecule has 0 amide bonds. The molecule has 1 fully saturated rings. The van der Waals surface area contributed by atoms with Gasteiger partial charge >= 0.3 is 0 Å². The average molecular weight is 399 g/mol. The lowest BCUT2D eigenvalue weighted by Crippen LogP contribution is -2.47. The standard InChI is InChI=1S/C20H20ClFN6/c1-14-6-7-15(12-16(14)21)24-19-13-23-26-20(25-19)28-10-8-27(9-11-28)18-5-3-2-4-17(18)22/h2-7,12-13H,8-11H2,1H3,(H,24,25,26). The van der Waals surface area contributed by atoms with Crippen molar-refractivity contribution in [1.29, 1.82) is 0 Å². The maximum atomic E-state index is 14.0. The van der Waals surface area contributed by atoms with Crippen LogP contribution in [0.1, 0.15) is 5.56 Å². The summed E-state index contributed by atoms with van der Waals surface area (Å²) < 4.78 is 14.0. The van der Waals surface area contributed by atoms with E-state index in [-0.39, 0.29) is 5.82 Å². The van der Waals surface area contributed by atoms with Gasteiger partial charge in [0.2, 0.25) is 5.95 Å². The summed E-state index contributed by atoms with van der Waals surface area (Å²) in [5.41, 5.74) is 2.49. The van der Waals surface area contributed by atoms with Crippen molar-refractivity contribution >= 4 is 34.7 Å². The Morgan fingerprint density at radius 3 is 2.54 bits per heavy atom. The van der Waals surface area contributed by atoms with Crippen molar-refractivity contribution in [3.05, 3.63) is 65.1 Å². The third-order valence-electron chi connectivity index (χ3n) is 4.75. The molecule has 0 radical (unpaired) electrons. The smallest absolute Gasteiger partial charge is 0.247 e. The number of nitrogens with zero attached hydrogens (tertiary/aromatic N) is 5. The predicted molar refractivity (Wildman–Crippen MR) is 110 cm³/mol. The van der Waals surface area contributed by atoms with Gasteiger partial charge < -0.3 is 15.1 Å². The quantitative estimate of drug-likeness (QED) is 0.715. The maximum Gasteiger partial charge on any atom is 0.247 e. The fraction of sp³-hybridized carbons (Fsp3) is 0.250. The molecule has 1 aliphatic rings. The molecule has 4 rings (SSSR count). The molecule has 8 heteroatoms. The highest BCUT2D eigenvalue weighted by atomic mass is 35.5. The summed E-state index contributed by atoms with van der Waals surface area (Å²) >= 11 is 6.18. The molecule has 2 heterocycles. The summed E-state index contributed by atoms with van der Waals surface area (Å²) in [4.78, 5) is 8.66. The molecule has 3 aromatic rings. The Kier molecular flexibility index (Phi) is 5.25. The van der Waals surface area contributed by atoms with E-state index in [9.17, 15) is 4.39 Å². The molecule has 28 heavy (non-hydrogen) atoms. The average Bonchev–Trinajstić information content (AvgIpc) is 2.72. The van der Waals surface area contributed by atoms with Gasteiger partial charge in [-0.2, -0.15) is 10.1 Å². The highest BCUT2D eigenvalue weighted by Gasteiger charge is 2.21. The maximum absolute atomic E-state index is 14.0. The number of hydrogen-bond acceptors (Lipinski definition) is 6. The Balaban J connectivity index is 1.44. The molecule has 2 aromatic carbocycles. The van der Waals surface area contributed by atoms with Crippen molar-refractivity contribution in [2.45, 2.75) is 6.92 Å². The van der Waals surface area contributed by atoms with Crippen LogP contribution < -0.4 is 15.1 Å². The third kappa shape index (κ3) is 3.99. The number of piperazine rings is 1. The van der Waals surface area contributed by atoms with Gasteiger partial charge in [-0.25, -0.2) is 4.39 Å². The lowest BCUT2D eigenvalue weighted by atomic mass is 10.2. The van der Waals surface area contributed by atoms with Gasteiger partial charge in [-0.3, -0.25) is 0 Å². The monoisotopic (exact) mass is 398 g/mol. The minimum absolute atomic E-state index is 0.197. The number of benzene rings is 2. The van der Waals surface area contributed by atoms with Gasteiger partial charge in [0.05, 0.1) is 11.9 Å². The van der Waals surface area contributed by atoms with Gasteiger partial charge in [0, 0.05) is 36.9 Å². The summed E-state index contributed by atoms with van der Waals surface area (Å²) in [5.74, 6) is 0.953. The van der Waals surface area contributed by atoms with E-state index in [0.29, 0.717) is 48.7 Å². The molecule has 0 atom stereocenters. The van der Waals surface area contributed by atoms with Crippen molar-refractivity contribution in [1.82, 2.24) is 15.2 Å². The van der Waals surface area contributed by atoms with Crippen LogP contribution in [-0.2, 0) is 0 Å². The second-order valence-electron chi connectivity index (χ2n) is 6.66. The zero-order valence-corrected chi connectivity index (χ0v) is 16.2. The molecule has 0 unspecified atom stereocenters. The van der Waals surface area contributed by atoms with E-state index >= 15 is 0 Å². The predicted octanol–water partition coefficient (Wildman–Crippen LogP) is 4.04. The summed E-state index contributed by atoms with van der Waals surface area (Å²) in [6, 6.07) is 12.6. The summed E-state index contributed by atoms with van der Waals surface area (Å²) in [5, 5.41) is 12.1. The van der Waals surface area contributed by atoms with Gasteiger partial charge in [-0.1, -0.05) is 29.8 Å². The topological polar surface area (TPSA) is 57.2 Å². The first kappa shape index (κ1) is 18.4. The molecular formula is C20H20ClFN6. The van der Waals surface area contributed by atoms with E-state index < -0.39 is 0 Å². The Hall–Kier alpha value is -2.93. The normalized spacial score (nSPS) is 14.2. The second-order valence-corrected chi connectivity index (χ2v) is 7.06. The Bertz CT molecular complexity index is 974. The highest BCUT2D eigenvalue weighted by Crippen LogP contribution is 2.24. The first-order valence-electron chi connectivity index (χ1n) is 9.07. The Labute approximate surface area is 168 Å². The van der Waals surface area contributed by atoms with Crippen LogP contribution in [0.25, 0.3) is 0 Å². The molecular weight excluding hydrogens is 379 g/mol. The Morgan fingerprint density at radius 1 is 1.04 bits per heavy atom. The molecule has 1 aromatic heterocycles. The second kappa shape index (κ2) is 7.98. The van der Waals surface area contributed by atoms with Crippen molar-refractivity contribution in [3.8, 4) is 0 Å². The van der Waals surface area contributed by atoms with Crippen LogP contribution in [0.15, 0.2) is 48.7 Å². The largest absolute Gasteiger partial charge is 0.366 e. The minimum Gasteiger partial charge on any atom is -0.366 e. The molecule has 0 spiro atoms. The fourth-order valence-electron chi connectivity index (χ4n) is 3.16. The zero-order chi connectivity index (χ0) is 19.5. The molecule has 1 aliphatic heterocycles. The van der Waals surface area contributed by atoms with E-state index in [0.717, 1.165) is 11.3 Å². The van der Waals surface area contributed by atoms with Gasteiger partial charge in [-0.05, 0) is 36.8 Å². The molecule has 0 aliphatic carbocycles. The van der Waals surface area contributed by atoms with Gasteiger partial charge in [0.1, 0.15) is 5.82 Å². The number of hydrogen-bond donors (Lipinski definition) is 1. The number of nitrogens with one attached hydrogen (secondary N) is 1. The zero-order valence-electron chi connectivity index (χ0n) is 15.4. The lowest BCUT2D eigenvalue weighted by Gasteiger charge is -2.36. The molecule has 6 nitrogen and oxygen atoms in total. The summed E-state index contributed by atoms with van der Waals surface area (Å²) in [7, 11) is 0. The van der Waals surface area contributed by atoms with Crippen LogP contribution in [-0.4, -0.2) is 41.4 Å². The minimum atomic E-state index is -0.197. The van der Waals surface area contributed by atoms with Crippen molar-refractivity contribution in [2.24, 2.45) is 0 Å². The molecule has 144 valence electrons. The number of para-hydroxylation sites is 1. The van der Waals surface area contributed by atoms with Crippen molar-refractivity contribution in [2.75, 3.05) is 41.3 Å². The Morgan fingerprint density at radius 2 is 1.79 bits per heavy atom. The molecule has 1 N–H and O–H groups in total. The lowest BCUT2D eigenvalue weighted by molar-refractivity contribution is 0.592. The summed E-state index contributed by atoms with van der Waals surface area (Å²) in [6.07, 6.45) is 1.58. The van der Waals surface area contributed by atoms with E-state index in [4.69, 9.17) is 11.6 Å². The number of rotatable bonds is 4. The fourth-order valence-corrected chi connectivity index (χ4v) is 3.34. The van der Waals surface area contributed by atoms with Crippen LogP contribution in [0.2, 0.25) is 5.02 Å². The first-order valence-corrected chi connectivity index (χ1v) is 9.45. The molecule has 0 saturated carbocycles. The number of halogens is 2. The van der Waals surface area contributed by atoms with E-state index in [1.807, 2.05) is 36.1 Å². The van der Waals surface area contributed by atoms with Crippen LogP contribution in [0, 0.1) is 12.7 Å².